The molecule has 4 heterocycles. The van der Waals surface area contributed by atoms with Crippen LogP contribution in [0.4, 0.5) is 11.4 Å². The van der Waals surface area contributed by atoms with Gasteiger partial charge >= 0.3 is 0 Å². The van der Waals surface area contributed by atoms with Gasteiger partial charge in [-0.2, -0.15) is 0 Å². The molecule has 0 saturated carbocycles. The molecule has 0 N–H and O–H groups in total. The van der Waals surface area contributed by atoms with E-state index in [1.54, 1.807) is 44.0 Å². The summed E-state index contributed by atoms with van der Waals surface area (Å²) in [7, 11) is -1.93. The Bertz CT molecular complexity index is 991. The number of anilines is 2. The average Bonchev–Trinajstić information content (AvgIpc) is 2.74. The van der Waals surface area contributed by atoms with E-state index in [2.05, 4.69) is 66.9 Å². The Kier molecular flexibility index (Phi) is 5.12. The normalized spacial score (nSPS) is 19.9. The van der Waals surface area contributed by atoms with E-state index in [1.165, 1.54) is 86.5 Å². The van der Waals surface area contributed by atoms with Gasteiger partial charge in [-0.05, 0) is 96.1 Å². The number of nitrogens with zero attached hydrogens (tertiary/aromatic N) is 2. The fraction of sp³-hybridized carbons (Fsp3) is 0.538. The van der Waals surface area contributed by atoms with Crippen LogP contribution >= 0.6 is 31.9 Å². The lowest BCUT2D eigenvalue weighted by molar-refractivity contribution is 0.634. The Morgan fingerprint density at radius 2 is 1.03 bits per heavy atom. The molecule has 2 nitrogen and oxygen atoms in total. The van der Waals surface area contributed by atoms with Crippen LogP contribution in [-0.4, -0.2) is 34.3 Å². The van der Waals surface area contributed by atoms with Crippen LogP contribution in [-0.2, 0) is 25.7 Å². The van der Waals surface area contributed by atoms with Gasteiger partial charge in [0.2, 0.25) is 0 Å². The van der Waals surface area contributed by atoms with Crippen molar-refractivity contribution in [1.29, 1.82) is 0 Å². The smallest absolute Gasteiger partial charge is 0.116 e. The fourth-order valence-corrected chi connectivity index (χ4v) is 14.7. The molecule has 0 aliphatic carbocycles. The Balaban J connectivity index is 1.59. The molecule has 0 saturated heterocycles. The molecule has 164 valence electrons. The summed E-state index contributed by atoms with van der Waals surface area (Å²) in [4.78, 5) is 5.40. The van der Waals surface area contributed by atoms with Crippen LogP contribution in [0.2, 0.25) is 13.1 Å². The van der Waals surface area contributed by atoms with Gasteiger partial charge in [0.15, 0.2) is 0 Å². The standard InChI is InChI=1S/C26H32Br2N2Si/c1-31(2,25-19-9-5-13-29-11-3-7-17(23(19)29)15-21(25)27)26-20-10-6-14-30-12-4-8-18(24(20)30)16-22(26)28/h15-16H,3-14H2,1-2H3. The predicted molar refractivity (Wildman–Crippen MR) is 143 cm³/mol. The third kappa shape index (κ3) is 3.13. The maximum atomic E-state index is 4.11. The van der Waals surface area contributed by atoms with Gasteiger partial charge in [-0.15, -0.1) is 0 Å². The monoisotopic (exact) mass is 558 g/mol. The number of rotatable bonds is 2. The zero-order chi connectivity index (χ0) is 21.3. The van der Waals surface area contributed by atoms with Crippen LogP contribution in [0.1, 0.15) is 47.9 Å². The van der Waals surface area contributed by atoms with E-state index in [1.807, 2.05) is 0 Å². The zero-order valence-electron chi connectivity index (χ0n) is 18.8. The number of hydrogen-bond acceptors (Lipinski definition) is 2. The molecule has 0 bridgehead atoms. The van der Waals surface area contributed by atoms with Gasteiger partial charge < -0.3 is 9.80 Å². The third-order valence-corrected chi connectivity index (χ3v) is 13.8. The minimum absolute atomic E-state index is 1.24. The van der Waals surface area contributed by atoms with Crippen LogP contribution in [0.5, 0.6) is 0 Å². The van der Waals surface area contributed by atoms with Crippen molar-refractivity contribution in [1.82, 2.24) is 0 Å². The van der Waals surface area contributed by atoms with Gasteiger partial charge in [-0.3, -0.25) is 0 Å². The van der Waals surface area contributed by atoms with Crippen molar-refractivity contribution in [2.45, 2.75) is 64.5 Å². The molecule has 0 unspecified atom stereocenters. The first-order chi connectivity index (χ1) is 15.0. The van der Waals surface area contributed by atoms with Crippen molar-refractivity contribution in [3.05, 3.63) is 43.3 Å². The Morgan fingerprint density at radius 3 is 1.45 bits per heavy atom. The molecule has 6 rings (SSSR count). The van der Waals surface area contributed by atoms with Crippen molar-refractivity contribution < 1.29 is 0 Å². The summed E-state index contributed by atoms with van der Waals surface area (Å²) in [6.07, 6.45) is 10.2. The largest absolute Gasteiger partial charge is 0.371 e. The number of hydrogen-bond donors (Lipinski definition) is 0. The molecule has 31 heavy (non-hydrogen) atoms. The van der Waals surface area contributed by atoms with Gasteiger partial charge in [0.05, 0.1) is 0 Å². The Hall–Kier alpha value is -0.783. The van der Waals surface area contributed by atoms with Crippen molar-refractivity contribution in [2.75, 3.05) is 36.0 Å². The number of benzene rings is 2. The molecule has 0 radical (unpaired) electrons. The predicted octanol–water partition coefficient (Wildman–Crippen LogP) is 5.43. The van der Waals surface area contributed by atoms with Crippen molar-refractivity contribution in [3.8, 4) is 0 Å². The lowest BCUT2D eigenvalue weighted by atomic mass is 9.92. The second-order valence-corrected chi connectivity index (χ2v) is 16.4. The maximum Gasteiger partial charge on any atom is 0.116 e. The summed E-state index contributed by atoms with van der Waals surface area (Å²) in [5.74, 6) is 0. The summed E-state index contributed by atoms with van der Waals surface area (Å²) in [6, 6.07) is 4.98. The minimum Gasteiger partial charge on any atom is -0.371 e. The first kappa shape index (κ1) is 20.8. The van der Waals surface area contributed by atoms with Crippen LogP contribution in [0.25, 0.3) is 0 Å². The molecule has 4 aliphatic rings. The van der Waals surface area contributed by atoms with Crippen molar-refractivity contribution in [3.63, 3.8) is 0 Å². The van der Waals surface area contributed by atoms with Crippen molar-refractivity contribution in [2.24, 2.45) is 0 Å². The molecular formula is C26H32Br2N2Si. The van der Waals surface area contributed by atoms with E-state index in [-0.39, 0.29) is 0 Å². The second kappa shape index (κ2) is 7.63. The van der Waals surface area contributed by atoms with Gasteiger partial charge in [0.1, 0.15) is 8.07 Å². The van der Waals surface area contributed by atoms with Crippen LogP contribution in [0.3, 0.4) is 0 Å². The summed E-state index contributed by atoms with van der Waals surface area (Å²) >= 11 is 8.21. The topological polar surface area (TPSA) is 6.48 Å². The average molecular weight is 560 g/mol. The van der Waals surface area contributed by atoms with E-state index >= 15 is 0 Å². The van der Waals surface area contributed by atoms with E-state index in [0.717, 1.165) is 0 Å². The van der Waals surface area contributed by atoms with E-state index in [0.29, 0.717) is 0 Å². The minimum atomic E-state index is -1.93. The van der Waals surface area contributed by atoms with E-state index in [9.17, 15) is 0 Å². The van der Waals surface area contributed by atoms with Gasteiger partial charge in [0.25, 0.3) is 0 Å². The van der Waals surface area contributed by atoms with E-state index in [4.69, 9.17) is 0 Å². The van der Waals surface area contributed by atoms with Crippen molar-refractivity contribution >= 4 is 61.7 Å². The number of halogens is 2. The molecule has 4 aliphatic heterocycles. The quantitative estimate of drug-likeness (QED) is 0.452. The summed E-state index contributed by atoms with van der Waals surface area (Å²) in [5.41, 5.74) is 9.74. The van der Waals surface area contributed by atoms with Crippen LogP contribution in [0, 0.1) is 0 Å². The molecule has 0 aromatic heterocycles. The third-order valence-electron chi connectivity index (χ3n) is 8.20. The first-order valence-electron chi connectivity index (χ1n) is 12.2. The van der Waals surface area contributed by atoms with Crippen LogP contribution in [0.15, 0.2) is 21.1 Å². The molecule has 0 fully saturated rings. The lowest BCUT2D eigenvalue weighted by Crippen LogP contribution is -2.58. The highest BCUT2D eigenvalue weighted by Gasteiger charge is 2.40. The molecule has 2 aromatic rings. The summed E-state index contributed by atoms with van der Waals surface area (Å²) in [5, 5.41) is 3.34. The Labute approximate surface area is 204 Å². The summed E-state index contributed by atoms with van der Waals surface area (Å²) in [6.45, 7) is 10.2. The molecule has 0 atom stereocenters. The zero-order valence-corrected chi connectivity index (χ0v) is 23.0. The highest BCUT2D eigenvalue weighted by molar-refractivity contribution is 9.11. The first-order valence-corrected chi connectivity index (χ1v) is 16.7. The molecule has 2 aromatic carbocycles. The maximum absolute atomic E-state index is 4.11. The van der Waals surface area contributed by atoms with E-state index < -0.39 is 8.07 Å². The highest BCUT2D eigenvalue weighted by Crippen LogP contribution is 2.41. The van der Waals surface area contributed by atoms with Crippen LogP contribution < -0.4 is 20.2 Å². The van der Waals surface area contributed by atoms with Gasteiger partial charge in [0, 0.05) is 46.5 Å². The second-order valence-electron chi connectivity index (χ2n) is 10.5. The molecule has 0 spiro atoms. The molecule has 5 heteroatoms. The molecular weight excluding hydrogens is 528 g/mol. The van der Waals surface area contributed by atoms with Gasteiger partial charge in [-0.1, -0.05) is 45.0 Å². The highest BCUT2D eigenvalue weighted by atomic mass is 79.9. The lowest BCUT2D eigenvalue weighted by Gasteiger charge is -2.43. The SMILES string of the molecule is C[Si](C)(c1c(Br)cc2c3c1CCCN3CCC2)c1c(Br)cc2c3c1CCCN3CCC2. The van der Waals surface area contributed by atoms with Gasteiger partial charge in [-0.25, -0.2) is 0 Å². The molecule has 0 amide bonds. The summed E-state index contributed by atoms with van der Waals surface area (Å²) < 4.78 is 2.76. The Morgan fingerprint density at radius 1 is 0.645 bits per heavy atom. The fourth-order valence-electron chi connectivity index (χ4n) is 7.12. The number of aryl methyl sites for hydroxylation is 2.